The molecular weight excluding hydrogens is 172 g/mol. The maximum Gasteiger partial charge on any atom is 0.0708 e. The molecule has 0 atom stereocenters. The van der Waals surface area contributed by atoms with Gasteiger partial charge in [-0.2, -0.15) is 10.2 Å². The molecular formula is C12H20N2. The minimum absolute atomic E-state index is 0.589. The second-order valence-corrected chi connectivity index (χ2v) is 5.37. The molecule has 6 aliphatic rings. The molecule has 6 rings (SSSR count). The van der Waals surface area contributed by atoms with Crippen molar-refractivity contribution in [3.05, 3.63) is 0 Å². The molecule has 78 valence electrons. The Labute approximate surface area is 86.2 Å². The summed E-state index contributed by atoms with van der Waals surface area (Å²) in [5.74, 6) is 2.08. The van der Waals surface area contributed by atoms with Crippen molar-refractivity contribution in [1.82, 2.24) is 0 Å². The predicted octanol–water partition coefficient (Wildman–Crippen LogP) is 3.57. The van der Waals surface area contributed by atoms with Crippen LogP contribution in [0.3, 0.4) is 0 Å². The zero-order valence-corrected chi connectivity index (χ0v) is 8.86. The van der Waals surface area contributed by atoms with Crippen LogP contribution in [-0.2, 0) is 0 Å². The highest BCUT2D eigenvalue weighted by atomic mass is 15.1. The van der Waals surface area contributed by atoms with E-state index in [1.807, 2.05) is 0 Å². The van der Waals surface area contributed by atoms with E-state index in [1.165, 1.54) is 51.4 Å². The van der Waals surface area contributed by atoms with Crippen molar-refractivity contribution in [3.63, 3.8) is 0 Å². The second-order valence-electron chi connectivity index (χ2n) is 5.37. The lowest BCUT2D eigenvalue weighted by atomic mass is 9.71. The van der Waals surface area contributed by atoms with Gasteiger partial charge in [0.05, 0.1) is 12.1 Å². The zero-order valence-electron chi connectivity index (χ0n) is 8.86. The first-order valence-corrected chi connectivity index (χ1v) is 6.32. The van der Waals surface area contributed by atoms with Gasteiger partial charge in [-0.3, -0.25) is 0 Å². The third-order valence-electron chi connectivity index (χ3n) is 4.54. The lowest BCUT2D eigenvalue weighted by Crippen LogP contribution is -2.29. The van der Waals surface area contributed by atoms with E-state index >= 15 is 0 Å². The van der Waals surface area contributed by atoms with E-state index in [0.717, 1.165) is 11.8 Å². The van der Waals surface area contributed by atoms with Gasteiger partial charge in [-0.15, -0.1) is 0 Å². The Morgan fingerprint density at radius 1 is 0.500 bits per heavy atom. The van der Waals surface area contributed by atoms with Gasteiger partial charge in [0.25, 0.3) is 0 Å². The lowest BCUT2D eigenvalue weighted by Gasteiger charge is -2.37. The maximum atomic E-state index is 4.54. The predicted molar refractivity (Wildman–Crippen MR) is 56.3 cm³/mol. The van der Waals surface area contributed by atoms with Crippen LogP contribution in [0.25, 0.3) is 0 Å². The molecule has 2 nitrogen and oxygen atoms in total. The first kappa shape index (κ1) is 8.87. The summed E-state index contributed by atoms with van der Waals surface area (Å²) in [7, 11) is 0. The SMILES string of the molecule is C1CC2CCC1N=NC1CCC2CC1. The van der Waals surface area contributed by atoms with E-state index in [4.69, 9.17) is 0 Å². The fourth-order valence-corrected chi connectivity index (χ4v) is 3.57. The van der Waals surface area contributed by atoms with Crippen molar-refractivity contribution in [3.8, 4) is 0 Å². The van der Waals surface area contributed by atoms with E-state index in [1.54, 1.807) is 0 Å². The van der Waals surface area contributed by atoms with Crippen LogP contribution in [0, 0.1) is 11.8 Å². The average Bonchev–Trinajstić information content (AvgIpc) is 2.30. The number of nitrogens with zero attached hydrogens (tertiary/aromatic N) is 2. The Morgan fingerprint density at radius 3 is 1.21 bits per heavy atom. The van der Waals surface area contributed by atoms with Crippen LogP contribution in [0.5, 0.6) is 0 Å². The van der Waals surface area contributed by atoms with Crippen LogP contribution < -0.4 is 0 Å². The first-order chi connectivity index (χ1) is 6.92. The highest BCUT2D eigenvalue weighted by Gasteiger charge is 2.32. The van der Waals surface area contributed by atoms with Gasteiger partial charge in [0, 0.05) is 0 Å². The topological polar surface area (TPSA) is 24.7 Å². The van der Waals surface area contributed by atoms with Crippen molar-refractivity contribution in [2.24, 2.45) is 22.1 Å². The van der Waals surface area contributed by atoms with Gasteiger partial charge in [0.1, 0.15) is 0 Å². The van der Waals surface area contributed by atoms with E-state index in [9.17, 15) is 0 Å². The Kier molecular flexibility index (Phi) is 2.30. The molecule has 0 N–H and O–H groups in total. The van der Waals surface area contributed by atoms with E-state index in [0.29, 0.717) is 12.1 Å². The molecule has 4 heterocycles. The van der Waals surface area contributed by atoms with Gasteiger partial charge < -0.3 is 0 Å². The van der Waals surface area contributed by atoms with Crippen molar-refractivity contribution >= 4 is 0 Å². The van der Waals surface area contributed by atoms with Crippen molar-refractivity contribution < 1.29 is 0 Å². The fraction of sp³-hybridized carbons (Fsp3) is 1.00. The number of hydrogen-bond acceptors (Lipinski definition) is 2. The summed E-state index contributed by atoms with van der Waals surface area (Å²) in [5, 5.41) is 9.09. The Hall–Kier alpha value is -0.400. The van der Waals surface area contributed by atoms with Crippen LogP contribution in [-0.4, -0.2) is 12.1 Å². The standard InChI is InChI=1S/C12H20N2/c1-5-11-6-2-9(1)10-3-7-12(8-4-10)14-13-11/h9-12H,1-8H2. The number of rotatable bonds is 0. The van der Waals surface area contributed by atoms with Gasteiger partial charge in [-0.05, 0) is 63.2 Å². The first-order valence-electron chi connectivity index (χ1n) is 6.32. The average molecular weight is 192 g/mol. The van der Waals surface area contributed by atoms with Crippen LogP contribution in [0.15, 0.2) is 10.2 Å². The molecule has 0 aromatic rings. The molecule has 14 heavy (non-hydrogen) atoms. The van der Waals surface area contributed by atoms with Gasteiger partial charge >= 0.3 is 0 Å². The van der Waals surface area contributed by atoms with Crippen molar-refractivity contribution in [1.29, 1.82) is 0 Å². The number of hydrogen-bond donors (Lipinski definition) is 0. The largest absolute Gasteiger partial charge is 0.191 e. The van der Waals surface area contributed by atoms with Gasteiger partial charge in [0.2, 0.25) is 0 Å². The quantitative estimate of drug-likeness (QED) is 0.560. The summed E-state index contributed by atoms with van der Waals surface area (Å²) >= 11 is 0. The monoisotopic (exact) mass is 192 g/mol. The van der Waals surface area contributed by atoms with Gasteiger partial charge in [-0.1, -0.05) is 0 Å². The summed E-state index contributed by atoms with van der Waals surface area (Å²) in [4.78, 5) is 0. The van der Waals surface area contributed by atoms with Crippen molar-refractivity contribution in [2.45, 2.75) is 63.5 Å². The van der Waals surface area contributed by atoms with E-state index in [2.05, 4.69) is 10.2 Å². The lowest BCUT2D eigenvalue weighted by molar-refractivity contribution is 0.163. The van der Waals surface area contributed by atoms with Crippen LogP contribution >= 0.6 is 0 Å². The van der Waals surface area contributed by atoms with E-state index < -0.39 is 0 Å². The molecule has 4 aliphatic heterocycles. The van der Waals surface area contributed by atoms with Crippen LogP contribution in [0.1, 0.15) is 51.4 Å². The zero-order chi connectivity index (χ0) is 9.38. The summed E-state index contributed by atoms with van der Waals surface area (Å²) in [6, 6.07) is 1.18. The van der Waals surface area contributed by atoms with Crippen LogP contribution in [0.2, 0.25) is 0 Å². The summed E-state index contributed by atoms with van der Waals surface area (Å²) in [5.41, 5.74) is 0. The molecule has 2 heteroatoms. The number of azo groups is 1. The van der Waals surface area contributed by atoms with Crippen molar-refractivity contribution in [2.75, 3.05) is 0 Å². The summed E-state index contributed by atoms with van der Waals surface area (Å²) in [6.07, 6.45) is 11.0. The maximum absolute atomic E-state index is 4.54. The molecule has 2 fully saturated rings. The molecule has 0 saturated heterocycles. The van der Waals surface area contributed by atoms with Gasteiger partial charge in [0.15, 0.2) is 0 Å². The van der Waals surface area contributed by atoms with Crippen LogP contribution in [0.4, 0.5) is 0 Å². The molecule has 0 aromatic carbocycles. The molecule has 0 amide bonds. The molecule has 0 spiro atoms. The minimum atomic E-state index is 0.589. The second kappa shape index (κ2) is 3.63. The molecule has 2 aliphatic carbocycles. The highest BCUT2D eigenvalue weighted by Crippen LogP contribution is 2.41. The molecule has 0 radical (unpaired) electrons. The summed E-state index contributed by atoms with van der Waals surface area (Å²) < 4.78 is 0. The molecule has 4 bridgehead atoms. The normalized spacial score (nSPS) is 46.9. The fourth-order valence-electron chi connectivity index (χ4n) is 3.57. The third-order valence-corrected chi connectivity index (χ3v) is 4.54. The van der Waals surface area contributed by atoms with Gasteiger partial charge in [-0.25, -0.2) is 0 Å². The molecule has 0 unspecified atom stereocenters. The highest BCUT2D eigenvalue weighted by molar-refractivity contribution is 4.87. The Bertz CT molecular complexity index is 196. The Morgan fingerprint density at radius 2 is 0.857 bits per heavy atom. The Balaban J connectivity index is 1.84. The molecule has 0 aromatic heterocycles. The summed E-state index contributed by atoms with van der Waals surface area (Å²) in [6.45, 7) is 0. The third kappa shape index (κ3) is 1.59. The minimum Gasteiger partial charge on any atom is -0.191 e. The smallest absolute Gasteiger partial charge is 0.0708 e. The van der Waals surface area contributed by atoms with E-state index in [-0.39, 0.29) is 0 Å². The molecule has 2 saturated carbocycles.